The molecule has 0 aliphatic carbocycles. The fourth-order valence-electron chi connectivity index (χ4n) is 1.31. The Morgan fingerprint density at radius 3 is 2.33 bits per heavy atom. The molecule has 0 aliphatic rings. The first kappa shape index (κ1) is 14.9. The van der Waals surface area contributed by atoms with E-state index in [9.17, 15) is 5.11 Å². The smallest absolute Gasteiger partial charge is 0.0692 e. The average molecular weight is 217 g/mol. The van der Waals surface area contributed by atoms with Crippen LogP contribution in [0, 0.1) is 5.92 Å². The van der Waals surface area contributed by atoms with E-state index in [0.29, 0.717) is 5.92 Å². The zero-order valence-corrected chi connectivity index (χ0v) is 10.9. The average Bonchev–Trinajstić information content (AvgIpc) is 2.15. The van der Waals surface area contributed by atoms with Gasteiger partial charge in [-0.25, -0.2) is 0 Å². The first-order chi connectivity index (χ1) is 6.97. The Morgan fingerprint density at radius 2 is 1.87 bits per heavy atom. The van der Waals surface area contributed by atoms with Crippen LogP contribution in [0.5, 0.6) is 0 Å². The molecule has 3 heteroatoms. The lowest BCUT2D eigenvalue weighted by Gasteiger charge is -2.24. The summed E-state index contributed by atoms with van der Waals surface area (Å²) in [6.45, 7) is 10.6. The molecule has 0 heterocycles. The van der Waals surface area contributed by atoms with E-state index in [1.165, 1.54) is 0 Å². The molecular weight excluding hydrogens is 190 g/mol. The van der Waals surface area contributed by atoms with Gasteiger partial charge in [0.05, 0.1) is 18.8 Å². The van der Waals surface area contributed by atoms with E-state index >= 15 is 0 Å². The van der Waals surface area contributed by atoms with E-state index < -0.39 is 0 Å². The van der Waals surface area contributed by atoms with E-state index in [0.717, 1.165) is 26.1 Å². The van der Waals surface area contributed by atoms with E-state index in [4.69, 9.17) is 4.74 Å². The normalized spacial score (nSPS) is 16.0. The van der Waals surface area contributed by atoms with Gasteiger partial charge in [0.1, 0.15) is 0 Å². The molecule has 0 aromatic heterocycles. The van der Waals surface area contributed by atoms with Crippen LogP contribution in [0.4, 0.5) is 0 Å². The molecule has 0 bridgehead atoms. The maximum atomic E-state index is 9.81. The highest BCUT2D eigenvalue weighted by atomic mass is 16.5. The van der Waals surface area contributed by atoms with Crippen molar-refractivity contribution in [3.63, 3.8) is 0 Å². The van der Waals surface area contributed by atoms with Crippen LogP contribution in [-0.4, -0.2) is 49.0 Å². The van der Waals surface area contributed by atoms with Crippen molar-refractivity contribution in [3.05, 3.63) is 0 Å². The van der Waals surface area contributed by atoms with Gasteiger partial charge >= 0.3 is 0 Å². The third-order valence-corrected chi connectivity index (χ3v) is 2.72. The lowest BCUT2D eigenvalue weighted by molar-refractivity contribution is 0.0404. The molecule has 0 fully saturated rings. The quantitative estimate of drug-likeness (QED) is 0.672. The topological polar surface area (TPSA) is 32.7 Å². The molecule has 0 rings (SSSR count). The second-order valence-electron chi connectivity index (χ2n) is 4.63. The van der Waals surface area contributed by atoms with E-state index in [1.807, 2.05) is 20.9 Å². The van der Waals surface area contributed by atoms with Gasteiger partial charge in [-0.3, -0.25) is 0 Å². The predicted molar refractivity (Wildman–Crippen MR) is 64.0 cm³/mol. The van der Waals surface area contributed by atoms with Gasteiger partial charge in [0, 0.05) is 13.1 Å². The minimum absolute atomic E-state index is 0.223. The van der Waals surface area contributed by atoms with Crippen molar-refractivity contribution in [3.8, 4) is 0 Å². The zero-order chi connectivity index (χ0) is 11.8. The van der Waals surface area contributed by atoms with Crippen molar-refractivity contribution in [1.82, 2.24) is 4.90 Å². The fourth-order valence-corrected chi connectivity index (χ4v) is 1.31. The van der Waals surface area contributed by atoms with Gasteiger partial charge in [0.15, 0.2) is 0 Å². The van der Waals surface area contributed by atoms with Crippen LogP contribution in [0.15, 0.2) is 0 Å². The molecule has 0 spiro atoms. The van der Waals surface area contributed by atoms with Crippen molar-refractivity contribution in [2.24, 2.45) is 5.92 Å². The number of nitrogens with zero attached hydrogens (tertiary/aromatic N) is 1. The highest BCUT2D eigenvalue weighted by Gasteiger charge is 2.14. The molecular formula is C12H27NO2. The number of aliphatic hydroxyl groups is 1. The summed E-state index contributed by atoms with van der Waals surface area (Å²) >= 11 is 0. The highest BCUT2D eigenvalue weighted by molar-refractivity contribution is 4.66. The van der Waals surface area contributed by atoms with Crippen LogP contribution >= 0.6 is 0 Å². The second kappa shape index (κ2) is 8.08. The number of ether oxygens (including phenoxy) is 1. The fraction of sp³-hybridized carbons (Fsp3) is 1.00. The molecule has 0 aliphatic heterocycles. The summed E-state index contributed by atoms with van der Waals surface area (Å²) in [5.74, 6) is 0.374. The summed E-state index contributed by atoms with van der Waals surface area (Å²) in [6.07, 6.45) is 1.09. The van der Waals surface area contributed by atoms with Crippen molar-refractivity contribution in [1.29, 1.82) is 0 Å². The molecule has 92 valence electrons. The summed E-state index contributed by atoms with van der Waals surface area (Å²) in [4.78, 5) is 2.12. The van der Waals surface area contributed by atoms with Crippen LogP contribution in [0.1, 0.15) is 34.1 Å². The van der Waals surface area contributed by atoms with Crippen molar-refractivity contribution in [2.45, 2.75) is 46.3 Å². The van der Waals surface area contributed by atoms with Crippen LogP contribution in [0.3, 0.4) is 0 Å². The summed E-state index contributed by atoms with van der Waals surface area (Å²) < 4.78 is 5.46. The van der Waals surface area contributed by atoms with Crippen LogP contribution in [0.25, 0.3) is 0 Å². The predicted octanol–water partition coefficient (Wildman–Crippen LogP) is 1.75. The van der Waals surface area contributed by atoms with Gasteiger partial charge in [0.25, 0.3) is 0 Å². The Balaban J connectivity index is 3.59. The molecule has 2 atom stereocenters. The van der Waals surface area contributed by atoms with Gasteiger partial charge in [0.2, 0.25) is 0 Å². The molecule has 3 nitrogen and oxygen atoms in total. The van der Waals surface area contributed by atoms with Gasteiger partial charge in [-0.2, -0.15) is 0 Å². The molecule has 0 amide bonds. The van der Waals surface area contributed by atoms with Gasteiger partial charge in [-0.05, 0) is 26.8 Å². The maximum Gasteiger partial charge on any atom is 0.0692 e. The second-order valence-corrected chi connectivity index (χ2v) is 4.63. The van der Waals surface area contributed by atoms with Crippen molar-refractivity contribution >= 4 is 0 Å². The molecule has 0 saturated heterocycles. The number of rotatable bonds is 8. The summed E-state index contributed by atoms with van der Waals surface area (Å²) in [5, 5.41) is 9.81. The number of likely N-dealkylation sites (N-methyl/N-ethyl adjacent to an activating group) is 1. The summed E-state index contributed by atoms with van der Waals surface area (Å²) in [7, 11) is 2.02. The minimum Gasteiger partial charge on any atom is -0.392 e. The zero-order valence-electron chi connectivity index (χ0n) is 10.9. The standard InChI is InChI=1S/C12H27NO2/c1-6-11(4)12(14)9-13(5)7-8-15-10(2)3/h10-12,14H,6-9H2,1-5H3. The Morgan fingerprint density at radius 1 is 1.27 bits per heavy atom. The Kier molecular flexibility index (Phi) is 8.02. The molecule has 2 unspecified atom stereocenters. The van der Waals surface area contributed by atoms with Gasteiger partial charge < -0.3 is 14.7 Å². The van der Waals surface area contributed by atoms with E-state index in [1.54, 1.807) is 0 Å². The number of aliphatic hydroxyl groups excluding tert-OH is 1. The largest absolute Gasteiger partial charge is 0.392 e. The third-order valence-electron chi connectivity index (χ3n) is 2.72. The first-order valence-electron chi connectivity index (χ1n) is 5.95. The lowest BCUT2D eigenvalue weighted by atomic mass is 10.0. The monoisotopic (exact) mass is 217 g/mol. The molecule has 0 radical (unpaired) electrons. The summed E-state index contributed by atoms with van der Waals surface area (Å²) in [6, 6.07) is 0. The Bertz CT molecular complexity index is 151. The summed E-state index contributed by atoms with van der Waals surface area (Å²) in [5.41, 5.74) is 0. The SMILES string of the molecule is CCC(C)C(O)CN(C)CCOC(C)C. The third kappa shape index (κ3) is 7.77. The van der Waals surface area contributed by atoms with Crippen molar-refractivity contribution in [2.75, 3.05) is 26.7 Å². The van der Waals surface area contributed by atoms with Crippen molar-refractivity contribution < 1.29 is 9.84 Å². The first-order valence-corrected chi connectivity index (χ1v) is 5.95. The molecule has 0 saturated carbocycles. The van der Waals surface area contributed by atoms with Crippen LogP contribution in [-0.2, 0) is 4.74 Å². The van der Waals surface area contributed by atoms with E-state index in [2.05, 4.69) is 18.7 Å². The highest BCUT2D eigenvalue weighted by Crippen LogP contribution is 2.08. The van der Waals surface area contributed by atoms with Gasteiger partial charge in [-0.1, -0.05) is 20.3 Å². The van der Waals surface area contributed by atoms with Crippen LogP contribution in [0.2, 0.25) is 0 Å². The molecule has 15 heavy (non-hydrogen) atoms. The molecule has 0 aromatic carbocycles. The van der Waals surface area contributed by atoms with E-state index in [-0.39, 0.29) is 12.2 Å². The Labute approximate surface area is 94.4 Å². The van der Waals surface area contributed by atoms with Crippen LogP contribution < -0.4 is 0 Å². The number of hydrogen-bond acceptors (Lipinski definition) is 3. The minimum atomic E-state index is -0.223. The molecule has 1 N–H and O–H groups in total. The number of hydrogen-bond donors (Lipinski definition) is 1. The van der Waals surface area contributed by atoms with Gasteiger partial charge in [-0.15, -0.1) is 0 Å². The lowest BCUT2D eigenvalue weighted by Crippen LogP contribution is -2.35. The maximum absolute atomic E-state index is 9.81. The molecule has 0 aromatic rings. The Hall–Kier alpha value is -0.120.